The van der Waals surface area contributed by atoms with Crippen molar-refractivity contribution < 1.29 is 43.3 Å². The average Bonchev–Trinajstić information content (AvgIpc) is 3.04. The van der Waals surface area contributed by atoms with Gasteiger partial charge in [-0.05, 0) is 48.6 Å². The van der Waals surface area contributed by atoms with Gasteiger partial charge in [0.1, 0.15) is 25.0 Å². The lowest BCUT2D eigenvalue weighted by Gasteiger charge is -2.15. The number of benzene rings is 3. The molecule has 0 fully saturated rings. The van der Waals surface area contributed by atoms with E-state index in [0.717, 1.165) is 11.1 Å². The summed E-state index contributed by atoms with van der Waals surface area (Å²) in [5.41, 5.74) is 1.87. The molecule has 0 saturated carbocycles. The fraction of sp³-hybridized carbons (Fsp3) is 0.281. The van der Waals surface area contributed by atoms with Crippen LogP contribution >= 0.6 is 0 Å². The number of amides is 3. The molecule has 0 unspecified atom stereocenters. The van der Waals surface area contributed by atoms with Crippen molar-refractivity contribution >= 4 is 29.8 Å². The van der Waals surface area contributed by atoms with Gasteiger partial charge in [0.15, 0.2) is 6.61 Å². The number of hydrogen-bond acceptors (Lipinski definition) is 8. The van der Waals surface area contributed by atoms with E-state index in [0.29, 0.717) is 12.8 Å². The number of carboxylic acids is 1. The summed E-state index contributed by atoms with van der Waals surface area (Å²) in [7, 11) is 0. The molecule has 12 heteroatoms. The standard InChI is InChI=1S/C32H35N3O9/c36-28(35-27(31(39)40)16-7-8-17-33-32(41)44-21-24-12-5-2-6-13-24)19-34-30(38)25-14-9-15-26(18-25)42-22-29(37)43-20-23-10-3-1-4-11-23/h1-6,9-15,18,27H,7-8,16-17,19-22H2,(H,33,41)(H,34,38)(H,35,36)(H,39,40)/t27-/m0/s1. The van der Waals surface area contributed by atoms with Gasteiger partial charge in [0.25, 0.3) is 5.91 Å². The van der Waals surface area contributed by atoms with Crippen molar-refractivity contribution in [3.8, 4) is 5.75 Å². The molecule has 0 heterocycles. The van der Waals surface area contributed by atoms with Crippen molar-refractivity contribution in [2.45, 2.75) is 38.5 Å². The summed E-state index contributed by atoms with van der Waals surface area (Å²) in [6, 6.07) is 23.3. The zero-order chi connectivity index (χ0) is 31.6. The van der Waals surface area contributed by atoms with E-state index >= 15 is 0 Å². The first-order chi connectivity index (χ1) is 21.3. The highest BCUT2D eigenvalue weighted by atomic mass is 16.6. The van der Waals surface area contributed by atoms with Crippen molar-refractivity contribution in [3.63, 3.8) is 0 Å². The van der Waals surface area contributed by atoms with Crippen LogP contribution in [0.3, 0.4) is 0 Å². The Morgan fingerprint density at radius 1 is 0.750 bits per heavy atom. The van der Waals surface area contributed by atoms with Gasteiger partial charge < -0.3 is 35.3 Å². The first kappa shape index (κ1) is 33.1. The minimum Gasteiger partial charge on any atom is -0.482 e. The number of rotatable bonds is 17. The van der Waals surface area contributed by atoms with Gasteiger partial charge in [-0.25, -0.2) is 14.4 Å². The van der Waals surface area contributed by atoms with Crippen molar-refractivity contribution in [1.82, 2.24) is 16.0 Å². The van der Waals surface area contributed by atoms with Gasteiger partial charge in [-0.1, -0.05) is 66.7 Å². The molecule has 4 N–H and O–H groups in total. The molecule has 0 radical (unpaired) electrons. The second kappa shape index (κ2) is 18.2. The number of ether oxygens (including phenoxy) is 3. The Labute approximate surface area is 254 Å². The second-order valence-electron chi connectivity index (χ2n) is 9.59. The maximum Gasteiger partial charge on any atom is 0.407 e. The zero-order valence-corrected chi connectivity index (χ0v) is 24.0. The average molecular weight is 606 g/mol. The molecule has 44 heavy (non-hydrogen) atoms. The molecular weight excluding hydrogens is 570 g/mol. The quantitative estimate of drug-likeness (QED) is 0.133. The Morgan fingerprint density at radius 3 is 2.07 bits per heavy atom. The maximum atomic E-state index is 12.5. The number of carbonyl (C=O) groups is 5. The second-order valence-corrected chi connectivity index (χ2v) is 9.59. The van der Waals surface area contributed by atoms with Gasteiger partial charge in [-0.3, -0.25) is 9.59 Å². The van der Waals surface area contributed by atoms with Crippen molar-refractivity contribution in [1.29, 1.82) is 0 Å². The molecule has 0 aliphatic rings. The zero-order valence-electron chi connectivity index (χ0n) is 24.0. The highest BCUT2D eigenvalue weighted by molar-refractivity contribution is 5.97. The first-order valence-electron chi connectivity index (χ1n) is 14.0. The third kappa shape index (κ3) is 12.6. The van der Waals surface area contributed by atoms with Gasteiger partial charge in [0, 0.05) is 12.1 Å². The highest BCUT2D eigenvalue weighted by Gasteiger charge is 2.20. The number of carbonyl (C=O) groups excluding carboxylic acids is 4. The lowest BCUT2D eigenvalue weighted by Crippen LogP contribution is -2.45. The van der Waals surface area contributed by atoms with Crippen LogP contribution in [0.4, 0.5) is 4.79 Å². The molecule has 0 aliphatic carbocycles. The topological polar surface area (TPSA) is 169 Å². The van der Waals surface area contributed by atoms with E-state index in [1.54, 1.807) is 12.1 Å². The van der Waals surface area contributed by atoms with Gasteiger partial charge in [-0.2, -0.15) is 0 Å². The summed E-state index contributed by atoms with van der Waals surface area (Å²) in [5, 5.41) is 16.9. The van der Waals surface area contributed by atoms with E-state index in [2.05, 4.69) is 16.0 Å². The number of esters is 1. The normalized spacial score (nSPS) is 11.0. The predicted molar refractivity (Wildman–Crippen MR) is 159 cm³/mol. The molecule has 232 valence electrons. The number of aliphatic carboxylic acids is 1. The molecule has 3 rings (SSSR count). The van der Waals surface area contributed by atoms with E-state index in [4.69, 9.17) is 14.2 Å². The fourth-order valence-electron chi connectivity index (χ4n) is 3.85. The molecule has 0 spiro atoms. The minimum atomic E-state index is -1.22. The summed E-state index contributed by atoms with van der Waals surface area (Å²) in [6.45, 7) is -0.276. The fourth-order valence-corrected chi connectivity index (χ4v) is 3.85. The van der Waals surface area contributed by atoms with Crippen LogP contribution in [0.1, 0.15) is 40.7 Å². The summed E-state index contributed by atoms with van der Waals surface area (Å²) in [4.78, 5) is 60.3. The van der Waals surface area contributed by atoms with Crippen LogP contribution < -0.4 is 20.7 Å². The summed E-state index contributed by atoms with van der Waals surface area (Å²) < 4.78 is 15.7. The van der Waals surface area contributed by atoms with Crippen LogP contribution in [-0.2, 0) is 37.1 Å². The molecule has 0 saturated heterocycles. The molecule has 12 nitrogen and oxygen atoms in total. The Hall–Kier alpha value is -5.39. The van der Waals surface area contributed by atoms with Crippen LogP contribution in [0.15, 0.2) is 84.9 Å². The van der Waals surface area contributed by atoms with E-state index in [9.17, 15) is 29.1 Å². The van der Waals surface area contributed by atoms with Crippen LogP contribution in [0.5, 0.6) is 5.75 Å². The van der Waals surface area contributed by atoms with E-state index < -0.39 is 42.4 Å². The highest BCUT2D eigenvalue weighted by Crippen LogP contribution is 2.14. The SMILES string of the molecule is O=C(CNC(=O)c1cccc(OCC(=O)OCc2ccccc2)c1)N[C@@H](CCCCNC(=O)OCc1ccccc1)C(=O)O. The summed E-state index contributed by atoms with van der Waals surface area (Å²) >= 11 is 0. The molecule has 0 aromatic heterocycles. The molecule has 0 bridgehead atoms. The smallest absolute Gasteiger partial charge is 0.407 e. The van der Waals surface area contributed by atoms with Crippen LogP contribution in [0, 0.1) is 0 Å². The van der Waals surface area contributed by atoms with E-state index in [1.165, 1.54) is 12.1 Å². The Balaban J connectivity index is 1.32. The molecule has 0 aliphatic heterocycles. The van der Waals surface area contributed by atoms with E-state index in [-0.39, 0.29) is 44.1 Å². The Morgan fingerprint density at radius 2 is 1.41 bits per heavy atom. The monoisotopic (exact) mass is 605 g/mol. The number of unbranched alkanes of at least 4 members (excludes halogenated alkanes) is 1. The summed E-state index contributed by atoms with van der Waals surface area (Å²) in [5.74, 6) is -2.81. The third-order valence-corrected chi connectivity index (χ3v) is 6.14. The van der Waals surface area contributed by atoms with Gasteiger partial charge >= 0.3 is 18.0 Å². The van der Waals surface area contributed by atoms with Crippen LogP contribution in [0.2, 0.25) is 0 Å². The third-order valence-electron chi connectivity index (χ3n) is 6.14. The molecule has 1 atom stereocenters. The molecule has 3 aromatic rings. The van der Waals surface area contributed by atoms with Crippen LogP contribution in [-0.4, -0.2) is 60.7 Å². The number of carboxylic acid groups (broad SMARTS) is 1. The Kier molecular flexibility index (Phi) is 13.7. The van der Waals surface area contributed by atoms with E-state index in [1.807, 2.05) is 60.7 Å². The van der Waals surface area contributed by atoms with Gasteiger partial charge in [-0.15, -0.1) is 0 Å². The van der Waals surface area contributed by atoms with Crippen LogP contribution in [0.25, 0.3) is 0 Å². The lowest BCUT2D eigenvalue weighted by atomic mass is 10.1. The van der Waals surface area contributed by atoms with Crippen molar-refractivity contribution in [3.05, 3.63) is 102 Å². The minimum absolute atomic E-state index is 0.111. The number of hydrogen-bond donors (Lipinski definition) is 4. The van der Waals surface area contributed by atoms with Crippen molar-refractivity contribution in [2.24, 2.45) is 0 Å². The predicted octanol–water partition coefficient (Wildman–Crippen LogP) is 3.20. The van der Waals surface area contributed by atoms with Gasteiger partial charge in [0.05, 0.1) is 6.54 Å². The number of alkyl carbamates (subject to hydrolysis) is 1. The summed E-state index contributed by atoms with van der Waals surface area (Å²) in [6.07, 6.45) is 0.434. The first-order valence-corrected chi connectivity index (χ1v) is 14.0. The van der Waals surface area contributed by atoms with Gasteiger partial charge in [0.2, 0.25) is 5.91 Å². The number of nitrogens with one attached hydrogen (secondary N) is 3. The van der Waals surface area contributed by atoms with Crippen molar-refractivity contribution in [2.75, 3.05) is 19.7 Å². The lowest BCUT2D eigenvalue weighted by molar-refractivity contribution is -0.147. The molecule has 3 aromatic carbocycles. The maximum absolute atomic E-state index is 12.5. The largest absolute Gasteiger partial charge is 0.482 e. The Bertz CT molecular complexity index is 1380. The molecule has 3 amide bonds. The molecular formula is C32H35N3O9.